The lowest BCUT2D eigenvalue weighted by atomic mass is 10.1. The summed E-state index contributed by atoms with van der Waals surface area (Å²) in [6.07, 6.45) is 7.12. The zero-order valence-corrected chi connectivity index (χ0v) is 15.3. The van der Waals surface area contributed by atoms with Crippen molar-refractivity contribution in [2.24, 2.45) is 0 Å². The van der Waals surface area contributed by atoms with Crippen molar-refractivity contribution in [3.63, 3.8) is 0 Å². The molecule has 0 saturated heterocycles. The number of rotatable bonds is 3. The molecule has 0 bridgehead atoms. The summed E-state index contributed by atoms with van der Waals surface area (Å²) in [4.78, 5) is 23.3. The molecule has 6 heteroatoms. The topological polar surface area (TPSA) is 69.5 Å². The minimum absolute atomic E-state index is 0.0424. The van der Waals surface area contributed by atoms with Gasteiger partial charge >= 0.3 is 0 Å². The maximum atomic E-state index is 12.6. The molecule has 0 aliphatic heterocycles. The highest BCUT2D eigenvalue weighted by Gasteiger charge is 2.21. The number of hydrogen-bond acceptors (Lipinski definition) is 5. The zero-order valence-electron chi connectivity index (χ0n) is 13.6. The van der Waals surface area contributed by atoms with Gasteiger partial charge in [0.05, 0.1) is 21.9 Å². The number of aryl methyl sites for hydroxylation is 2. The largest absolute Gasteiger partial charge is 0.305 e. The fourth-order valence-corrected chi connectivity index (χ4v) is 4.95. The number of thioether (sulfide) groups is 1. The monoisotopic (exact) mass is 365 g/mol. The van der Waals surface area contributed by atoms with Crippen LogP contribution < -0.4 is 5.56 Å². The van der Waals surface area contributed by atoms with Crippen LogP contribution in [0.5, 0.6) is 0 Å². The molecular weight excluding hydrogens is 350 g/mol. The van der Waals surface area contributed by atoms with Crippen LogP contribution in [0.15, 0.2) is 29.1 Å². The lowest BCUT2D eigenvalue weighted by Gasteiger charge is -2.05. The fourth-order valence-electron chi connectivity index (χ4n) is 3.15. The van der Waals surface area contributed by atoms with Gasteiger partial charge in [0, 0.05) is 4.88 Å². The third kappa shape index (κ3) is 2.90. The summed E-state index contributed by atoms with van der Waals surface area (Å²) in [5.41, 5.74) is 2.75. The molecule has 25 heavy (non-hydrogen) atoms. The van der Waals surface area contributed by atoms with Crippen LogP contribution in [0, 0.1) is 11.3 Å². The Morgan fingerprint density at radius 1 is 1.36 bits per heavy atom. The summed E-state index contributed by atoms with van der Waals surface area (Å²) >= 11 is 3.19. The van der Waals surface area contributed by atoms with Gasteiger partial charge in [0.1, 0.15) is 10.7 Å². The summed E-state index contributed by atoms with van der Waals surface area (Å²) in [5, 5.41) is 9.67. The van der Waals surface area contributed by atoms with Gasteiger partial charge in [0.15, 0.2) is 0 Å². The van der Waals surface area contributed by atoms with Crippen molar-refractivity contribution >= 4 is 44.3 Å². The summed E-state index contributed by atoms with van der Waals surface area (Å²) in [6.45, 7) is 0. The average molecular weight is 365 g/mol. The van der Waals surface area contributed by atoms with E-state index in [1.54, 1.807) is 35.2 Å². The van der Waals surface area contributed by atoms with Crippen molar-refractivity contribution in [2.75, 3.05) is 6.26 Å². The van der Waals surface area contributed by atoms with Gasteiger partial charge < -0.3 is 4.98 Å². The number of benzene rings is 1. The molecule has 4 rings (SSSR count). The Kier molecular flexibility index (Phi) is 4.20. The number of H-pyrrole nitrogens is 1. The van der Waals surface area contributed by atoms with Gasteiger partial charge in [0.2, 0.25) is 0 Å². The molecule has 0 unspecified atom stereocenters. The Morgan fingerprint density at radius 2 is 2.16 bits per heavy atom. The second-order valence-corrected chi connectivity index (χ2v) is 7.83. The van der Waals surface area contributed by atoms with E-state index in [0.717, 1.165) is 39.9 Å². The standard InChI is InChI=1S/C19H15N3OS2/c1-24-15(9-11-5-7-12(10-20)8-6-11)17-21-18(23)16-13-3-2-4-14(13)25-19(16)22-17/h5-9H,2-4H2,1H3,(H,21,22,23)/b15-9-. The van der Waals surface area contributed by atoms with Crippen molar-refractivity contribution in [2.45, 2.75) is 19.3 Å². The molecule has 2 aromatic heterocycles. The minimum Gasteiger partial charge on any atom is -0.305 e. The van der Waals surface area contributed by atoms with Crippen molar-refractivity contribution in [1.82, 2.24) is 9.97 Å². The van der Waals surface area contributed by atoms with Crippen LogP contribution in [0.4, 0.5) is 0 Å². The van der Waals surface area contributed by atoms with E-state index < -0.39 is 0 Å². The van der Waals surface area contributed by atoms with Crippen LogP contribution in [0.1, 0.15) is 33.8 Å². The molecule has 124 valence electrons. The highest BCUT2D eigenvalue weighted by molar-refractivity contribution is 8.07. The van der Waals surface area contributed by atoms with E-state index in [1.165, 1.54) is 10.4 Å². The van der Waals surface area contributed by atoms with E-state index in [4.69, 9.17) is 10.2 Å². The molecule has 0 atom stereocenters. The molecule has 0 spiro atoms. The second kappa shape index (κ2) is 6.51. The molecule has 1 aliphatic rings. The predicted octanol–water partition coefficient (Wildman–Crippen LogP) is 4.21. The Labute approximate surface area is 153 Å². The number of hydrogen-bond donors (Lipinski definition) is 1. The summed E-state index contributed by atoms with van der Waals surface area (Å²) in [7, 11) is 0. The Bertz CT molecular complexity index is 1080. The van der Waals surface area contributed by atoms with Crippen molar-refractivity contribution < 1.29 is 0 Å². The SMILES string of the molecule is CS/C(=C\c1ccc(C#N)cc1)c1nc2sc3c(c2c(=O)[nH]1)CCC3. The maximum Gasteiger partial charge on any atom is 0.260 e. The third-order valence-corrected chi connectivity index (χ3v) is 6.30. The van der Waals surface area contributed by atoms with Crippen LogP contribution >= 0.6 is 23.1 Å². The number of fused-ring (bicyclic) bond motifs is 3. The van der Waals surface area contributed by atoms with E-state index in [0.29, 0.717) is 11.4 Å². The number of aromatic amines is 1. The third-order valence-electron chi connectivity index (χ3n) is 4.37. The van der Waals surface area contributed by atoms with Crippen molar-refractivity contribution in [3.05, 3.63) is 62.0 Å². The summed E-state index contributed by atoms with van der Waals surface area (Å²) in [5.74, 6) is 0.606. The van der Waals surface area contributed by atoms with E-state index in [9.17, 15) is 4.79 Å². The van der Waals surface area contributed by atoms with Gasteiger partial charge in [-0.15, -0.1) is 23.1 Å². The number of nitrogens with one attached hydrogen (secondary N) is 1. The number of aromatic nitrogens is 2. The van der Waals surface area contributed by atoms with Gasteiger partial charge in [-0.05, 0) is 54.9 Å². The molecule has 1 aromatic carbocycles. The fraction of sp³-hybridized carbons (Fsp3) is 0.211. The first kappa shape index (κ1) is 16.1. The first-order chi connectivity index (χ1) is 12.2. The molecule has 2 heterocycles. The molecule has 0 fully saturated rings. The van der Waals surface area contributed by atoms with Gasteiger partial charge in [-0.1, -0.05) is 12.1 Å². The van der Waals surface area contributed by atoms with Crippen molar-refractivity contribution in [3.8, 4) is 6.07 Å². The maximum absolute atomic E-state index is 12.6. The van der Waals surface area contributed by atoms with Gasteiger partial charge in [-0.3, -0.25) is 4.79 Å². The Hall–Kier alpha value is -2.36. The molecular formula is C19H15N3OS2. The molecule has 4 nitrogen and oxygen atoms in total. The lowest BCUT2D eigenvalue weighted by molar-refractivity contribution is 0.916. The zero-order chi connectivity index (χ0) is 17.4. The molecule has 0 amide bonds. The molecule has 1 aliphatic carbocycles. The number of nitrogens with zero attached hydrogens (tertiary/aromatic N) is 2. The van der Waals surface area contributed by atoms with E-state index >= 15 is 0 Å². The van der Waals surface area contributed by atoms with E-state index in [1.807, 2.05) is 24.5 Å². The predicted molar refractivity (Wildman–Crippen MR) is 105 cm³/mol. The Morgan fingerprint density at radius 3 is 2.88 bits per heavy atom. The molecule has 0 saturated carbocycles. The van der Waals surface area contributed by atoms with Crippen LogP contribution in [-0.4, -0.2) is 16.2 Å². The Balaban J connectivity index is 1.80. The van der Waals surface area contributed by atoms with E-state index in [2.05, 4.69) is 11.1 Å². The average Bonchev–Trinajstić information content (AvgIpc) is 3.20. The second-order valence-electron chi connectivity index (χ2n) is 5.90. The first-order valence-corrected chi connectivity index (χ1v) is 10.0. The molecule has 0 radical (unpaired) electrons. The van der Waals surface area contributed by atoms with Crippen LogP contribution in [0.2, 0.25) is 0 Å². The van der Waals surface area contributed by atoms with Gasteiger partial charge in [-0.2, -0.15) is 5.26 Å². The van der Waals surface area contributed by atoms with E-state index in [-0.39, 0.29) is 5.56 Å². The van der Waals surface area contributed by atoms with Crippen LogP contribution in [0.3, 0.4) is 0 Å². The lowest BCUT2D eigenvalue weighted by Crippen LogP contribution is -2.11. The minimum atomic E-state index is -0.0424. The highest BCUT2D eigenvalue weighted by Crippen LogP contribution is 2.35. The quantitative estimate of drug-likeness (QED) is 0.755. The smallest absolute Gasteiger partial charge is 0.260 e. The number of thiophene rings is 1. The summed E-state index contributed by atoms with van der Waals surface area (Å²) in [6, 6.07) is 9.47. The first-order valence-electron chi connectivity index (χ1n) is 8.00. The number of nitriles is 1. The molecule has 3 aromatic rings. The van der Waals surface area contributed by atoms with Crippen molar-refractivity contribution in [1.29, 1.82) is 5.26 Å². The van der Waals surface area contributed by atoms with Crippen LogP contribution in [-0.2, 0) is 12.8 Å². The van der Waals surface area contributed by atoms with Crippen LogP contribution in [0.25, 0.3) is 21.2 Å². The molecule has 1 N–H and O–H groups in total. The summed E-state index contributed by atoms with van der Waals surface area (Å²) < 4.78 is 0. The highest BCUT2D eigenvalue weighted by atomic mass is 32.2. The van der Waals surface area contributed by atoms with Gasteiger partial charge in [0.25, 0.3) is 5.56 Å². The normalized spacial score (nSPS) is 13.8. The van der Waals surface area contributed by atoms with Gasteiger partial charge in [-0.25, -0.2) is 4.98 Å².